The Morgan fingerprint density at radius 3 is 2.59 bits per heavy atom. The molecule has 3 aromatic rings. The SMILES string of the molecule is Cc1ccc(NC(=O)C2CCCN(c3ncc(-c4ccccc4)cn3)C2)cc1Cl. The molecule has 1 amide bonds. The molecule has 1 aliphatic heterocycles. The van der Waals surface area contributed by atoms with Crippen molar-refractivity contribution in [2.45, 2.75) is 19.8 Å². The van der Waals surface area contributed by atoms with E-state index in [0.29, 0.717) is 17.5 Å². The maximum atomic E-state index is 12.8. The van der Waals surface area contributed by atoms with Crippen LogP contribution >= 0.6 is 11.6 Å². The summed E-state index contributed by atoms with van der Waals surface area (Å²) in [7, 11) is 0. The van der Waals surface area contributed by atoms with Gasteiger partial charge in [0.15, 0.2) is 0 Å². The second-order valence-corrected chi connectivity index (χ2v) is 7.78. The van der Waals surface area contributed by atoms with Crippen LogP contribution in [0.3, 0.4) is 0 Å². The summed E-state index contributed by atoms with van der Waals surface area (Å²) in [5.41, 5.74) is 3.79. The van der Waals surface area contributed by atoms with Crippen molar-refractivity contribution in [2.75, 3.05) is 23.3 Å². The molecule has 2 heterocycles. The molecule has 5 nitrogen and oxygen atoms in total. The zero-order chi connectivity index (χ0) is 20.2. The highest BCUT2D eigenvalue weighted by atomic mass is 35.5. The van der Waals surface area contributed by atoms with Crippen molar-refractivity contribution in [2.24, 2.45) is 5.92 Å². The lowest BCUT2D eigenvalue weighted by Crippen LogP contribution is -2.41. The van der Waals surface area contributed by atoms with Crippen LogP contribution in [-0.2, 0) is 4.79 Å². The summed E-state index contributed by atoms with van der Waals surface area (Å²) in [6.45, 7) is 3.40. The molecule has 0 radical (unpaired) electrons. The third-order valence-corrected chi connectivity index (χ3v) is 5.67. The third kappa shape index (κ3) is 4.57. The number of rotatable bonds is 4. The van der Waals surface area contributed by atoms with E-state index in [2.05, 4.69) is 20.2 Å². The molecule has 1 saturated heterocycles. The first-order valence-corrected chi connectivity index (χ1v) is 10.2. The molecule has 1 aromatic heterocycles. The first-order valence-electron chi connectivity index (χ1n) is 9.79. The minimum absolute atomic E-state index is 0.00975. The van der Waals surface area contributed by atoms with Gasteiger partial charge in [-0.1, -0.05) is 48.0 Å². The number of nitrogens with zero attached hydrogens (tertiary/aromatic N) is 3. The lowest BCUT2D eigenvalue weighted by atomic mass is 9.97. The van der Waals surface area contributed by atoms with Gasteiger partial charge in [0, 0.05) is 41.8 Å². The summed E-state index contributed by atoms with van der Waals surface area (Å²) in [6.07, 6.45) is 5.46. The number of hydrogen-bond acceptors (Lipinski definition) is 4. The third-order valence-electron chi connectivity index (χ3n) is 5.26. The maximum Gasteiger partial charge on any atom is 0.229 e. The van der Waals surface area contributed by atoms with E-state index >= 15 is 0 Å². The second-order valence-electron chi connectivity index (χ2n) is 7.38. The van der Waals surface area contributed by atoms with Crippen molar-refractivity contribution >= 4 is 29.1 Å². The van der Waals surface area contributed by atoms with Crippen molar-refractivity contribution in [1.29, 1.82) is 0 Å². The van der Waals surface area contributed by atoms with Gasteiger partial charge in [0.1, 0.15) is 0 Å². The number of nitrogens with one attached hydrogen (secondary N) is 1. The van der Waals surface area contributed by atoms with Gasteiger partial charge < -0.3 is 10.2 Å². The fourth-order valence-corrected chi connectivity index (χ4v) is 3.73. The second kappa shape index (κ2) is 8.62. The first kappa shape index (κ1) is 19.4. The average molecular weight is 407 g/mol. The lowest BCUT2D eigenvalue weighted by molar-refractivity contribution is -0.120. The molecule has 1 N–H and O–H groups in total. The monoisotopic (exact) mass is 406 g/mol. The average Bonchev–Trinajstić information content (AvgIpc) is 2.77. The molecule has 6 heteroatoms. The van der Waals surface area contributed by atoms with Gasteiger partial charge in [-0.2, -0.15) is 0 Å². The van der Waals surface area contributed by atoms with Crippen LogP contribution < -0.4 is 10.2 Å². The largest absolute Gasteiger partial charge is 0.340 e. The van der Waals surface area contributed by atoms with Crippen molar-refractivity contribution in [1.82, 2.24) is 9.97 Å². The van der Waals surface area contributed by atoms with E-state index in [1.165, 1.54) is 0 Å². The van der Waals surface area contributed by atoms with Gasteiger partial charge in [-0.05, 0) is 43.0 Å². The highest BCUT2D eigenvalue weighted by Gasteiger charge is 2.27. The van der Waals surface area contributed by atoms with Crippen LogP contribution in [-0.4, -0.2) is 29.0 Å². The number of anilines is 2. The van der Waals surface area contributed by atoms with E-state index in [1.807, 2.05) is 61.8 Å². The number of piperidine rings is 1. The number of amides is 1. The van der Waals surface area contributed by atoms with Crippen molar-refractivity contribution in [3.05, 3.63) is 71.5 Å². The highest BCUT2D eigenvalue weighted by molar-refractivity contribution is 6.31. The molecule has 2 aromatic carbocycles. The molecule has 0 saturated carbocycles. The molecule has 0 bridgehead atoms. The summed E-state index contributed by atoms with van der Waals surface area (Å²) in [6, 6.07) is 15.6. The molecule has 1 unspecified atom stereocenters. The van der Waals surface area contributed by atoms with E-state index in [0.717, 1.165) is 41.8 Å². The topological polar surface area (TPSA) is 58.1 Å². The molecular weight excluding hydrogens is 384 g/mol. The standard InChI is InChI=1S/C23H23ClN4O/c1-16-9-10-20(12-21(16)24)27-22(29)18-8-5-11-28(15-18)23-25-13-19(14-26-23)17-6-3-2-4-7-17/h2-4,6-7,9-10,12-14,18H,5,8,11,15H2,1H3,(H,27,29). The quantitative estimate of drug-likeness (QED) is 0.665. The van der Waals surface area contributed by atoms with E-state index in [9.17, 15) is 4.79 Å². The normalized spacial score (nSPS) is 16.5. The number of benzene rings is 2. The Balaban J connectivity index is 1.42. The fraction of sp³-hybridized carbons (Fsp3) is 0.261. The van der Waals surface area contributed by atoms with Gasteiger partial charge in [-0.25, -0.2) is 9.97 Å². The van der Waals surface area contributed by atoms with Gasteiger partial charge in [-0.3, -0.25) is 4.79 Å². The summed E-state index contributed by atoms with van der Waals surface area (Å²) >= 11 is 6.17. The van der Waals surface area contributed by atoms with Crippen LogP contribution in [0.2, 0.25) is 5.02 Å². The Morgan fingerprint density at radius 1 is 1.10 bits per heavy atom. The number of hydrogen-bond donors (Lipinski definition) is 1. The molecule has 4 rings (SSSR count). The molecule has 1 aliphatic rings. The predicted octanol–water partition coefficient (Wildman–Crippen LogP) is 4.96. The smallest absolute Gasteiger partial charge is 0.229 e. The minimum atomic E-state index is -0.110. The van der Waals surface area contributed by atoms with Gasteiger partial charge in [0.25, 0.3) is 0 Å². The molecule has 148 valence electrons. The number of carbonyl (C=O) groups excluding carboxylic acids is 1. The van der Waals surface area contributed by atoms with Gasteiger partial charge in [-0.15, -0.1) is 0 Å². The fourth-order valence-electron chi connectivity index (χ4n) is 3.55. The number of aromatic nitrogens is 2. The zero-order valence-electron chi connectivity index (χ0n) is 16.3. The van der Waals surface area contributed by atoms with Gasteiger partial charge in [0.2, 0.25) is 11.9 Å². The zero-order valence-corrected chi connectivity index (χ0v) is 17.1. The van der Waals surface area contributed by atoms with E-state index in [4.69, 9.17) is 11.6 Å². The Kier molecular flexibility index (Phi) is 5.76. The van der Waals surface area contributed by atoms with E-state index in [1.54, 1.807) is 6.07 Å². The maximum absolute atomic E-state index is 12.8. The van der Waals surface area contributed by atoms with Crippen LogP contribution in [0.5, 0.6) is 0 Å². The van der Waals surface area contributed by atoms with Crippen LogP contribution in [0.25, 0.3) is 11.1 Å². The van der Waals surface area contributed by atoms with Crippen LogP contribution in [0.4, 0.5) is 11.6 Å². The summed E-state index contributed by atoms with van der Waals surface area (Å²) in [4.78, 5) is 23.9. The van der Waals surface area contributed by atoms with Crippen LogP contribution in [0, 0.1) is 12.8 Å². The molecule has 29 heavy (non-hydrogen) atoms. The molecule has 0 spiro atoms. The van der Waals surface area contributed by atoms with Crippen LogP contribution in [0.15, 0.2) is 60.9 Å². The highest BCUT2D eigenvalue weighted by Crippen LogP contribution is 2.25. The Bertz CT molecular complexity index is 992. The minimum Gasteiger partial charge on any atom is -0.340 e. The first-order chi connectivity index (χ1) is 14.1. The van der Waals surface area contributed by atoms with Gasteiger partial charge >= 0.3 is 0 Å². The molecular formula is C23H23ClN4O. The molecule has 1 atom stereocenters. The summed E-state index contributed by atoms with van der Waals surface area (Å²) < 4.78 is 0. The van der Waals surface area contributed by atoms with E-state index < -0.39 is 0 Å². The Hall–Kier alpha value is -2.92. The van der Waals surface area contributed by atoms with Gasteiger partial charge in [0.05, 0.1) is 5.92 Å². The predicted molar refractivity (Wildman–Crippen MR) is 117 cm³/mol. The van der Waals surface area contributed by atoms with Crippen LogP contribution in [0.1, 0.15) is 18.4 Å². The Morgan fingerprint density at radius 2 is 1.86 bits per heavy atom. The summed E-state index contributed by atoms with van der Waals surface area (Å²) in [5, 5.41) is 3.64. The lowest BCUT2D eigenvalue weighted by Gasteiger charge is -2.32. The van der Waals surface area contributed by atoms with Crippen molar-refractivity contribution in [3.63, 3.8) is 0 Å². The van der Waals surface area contributed by atoms with Crippen molar-refractivity contribution < 1.29 is 4.79 Å². The van der Waals surface area contributed by atoms with Crippen molar-refractivity contribution in [3.8, 4) is 11.1 Å². The number of carbonyl (C=O) groups is 1. The number of aryl methyl sites for hydroxylation is 1. The van der Waals surface area contributed by atoms with E-state index in [-0.39, 0.29) is 11.8 Å². The Labute approximate surface area is 175 Å². The molecule has 1 fully saturated rings. The molecule has 0 aliphatic carbocycles. The summed E-state index contributed by atoms with van der Waals surface area (Å²) in [5.74, 6) is 0.567. The number of halogens is 1.